The molecule has 1 aromatic heterocycles. The second-order valence-electron chi connectivity index (χ2n) is 10.2. The third-order valence-electron chi connectivity index (χ3n) is 8.03. The van der Waals surface area contributed by atoms with Crippen LogP contribution in [0.2, 0.25) is 0 Å². The van der Waals surface area contributed by atoms with Gasteiger partial charge in [0, 0.05) is 31.7 Å². The van der Waals surface area contributed by atoms with Gasteiger partial charge in [0.05, 0.1) is 25.6 Å². The quantitative estimate of drug-likeness (QED) is 0.297. The highest BCUT2D eigenvalue weighted by Crippen LogP contribution is 2.44. The first-order valence-electron chi connectivity index (χ1n) is 13.5. The van der Waals surface area contributed by atoms with Crippen molar-refractivity contribution >= 4 is 17.8 Å². The molecule has 2 N–H and O–H groups in total. The number of benzene rings is 3. The number of carbonyl (C=O) groups is 2. The molecule has 0 radical (unpaired) electrons. The van der Waals surface area contributed by atoms with Crippen molar-refractivity contribution < 1.29 is 23.8 Å². The third-order valence-corrected chi connectivity index (χ3v) is 8.03. The van der Waals surface area contributed by atoms with E-state index in [0.29, 0.717) is 41.5 Å². The van der Waals surface area contributed by atoms with Crippen LogP contribution >= 0.6 is 0 Å². The lowest BCUT2D eigenvalue weighted by atomic mass is 10.0. The van der Waals surface area contributed by atoms with Gasteiger partial charge in [-0.1, -0.05) is 54.6 Å². The standard InChI is InChI=1S/C32H34N4O5/c1-21-15-17-26(30(33)37)36(21,31(38)29(41-4)23-16-18-27(39-2)28(19-23)40-3)32-34-25(22-11-7-5-8-12-22)20-35(32)24-13-9-6-10-14-24/h5-14,16,18-21,26,29H,15,17H2,1-4H3,(H-,33,37)/p+1/t21-,26+,29-,36?/m0/s1. The van der Waals surface area contributed by atoms with E-state index in [-0.39, 0.29) is 16.4 Å². The van der Waals surface area contributed by atoms with Gasteiger partial charge < -0.3 is 19.9 Å². The summed E-state index contributed by atoms with van der Waals surface area (Å²) in [6.07, 6.45) is 1.91. The first-order chi connectivity index (χ1) is 19.9. The number of hydrogen-bond donors (Lipinski definition) is 1. The zero-order valence-corrected chi connectivity index (χ0v) is 23.7. The van der Waals surface area contributed by atoms with Crippen LogP contribution in [0.5, 0.6) is 11.5 Å². The van der Waals surface area contributed by atoms with Crippen LogP contribution in [0.1, 0.15) is 31.4 Å². The van der Waals surface area contributed by atoms with E-state index < -0.39 is 18.1 Å². The molecule has 1 aliphatic rings. The number of ether oxygens (including phenoxy) is 3. The number of likely N-dealkylation sites (tertiary alicyclic amines) is 1. The molecule has 0 spiro atoms. The molecule has 1 unspecified atom stereocenters. The fourth-order valence-corrected chi connectivity index (χ4v) is 6.01. The minimum absolute atomic E-state index is 0.314. The van der Waals surface area contributed by atoms with E-state index in [1.165, 1.54) is 14.2 Å². The Hall–Kier alpha value is -4.47. The van der Waals surface area contributed by atoms with Gasteiger partial charge in [-0.25, -0.2) is 4.79 Å². The minimum atomic E-state index is -1.04. The van der Waals surface area contributed by atoms with Gasteiger partial charge in [0.2, 0.25) is 0 Å². The molecule has 9 heteroatoms. The number of quaternary nitrogens is 1. The number of hydrogen-bond acceptors (Lipinski definition) is 6. The fraction of sp³-hybridized carbons (Fsp3) is 0.281. The van der Waals surface area contributed by atoms with Crippen LogP contribution in [0.25, 0.3) is 16.9 Å². The van der Waals surface area contributed by atoms with Crippen LogP contribution in [0, 0.1) is 0 Å². The van der Waals surface area contributed by atoms with Crippen molar-refractivity contribution in [1.82, 2.24) is 14.0 Å². The number of carbonyl (C=O) groups excluding carboxylic acids is 2. The number of para-hydroxylation sites is 1. The van der Waals surface area contributed by atoms with E-state index in [0.717, 1.165) is 11.3 Å². The lowest BCUT2D eigenvalue weighted by molar-refractivity contribution is -0.147. The molecule has 1 saturated heterocycles. The Balaban J connectivity index is 1.77. The van der Waals surface area contributed by atoms with Gasteiger partial charge in [-0.2, -0.15) is 9.47 Å². The number of amides is 2. The lowest BCUT2D eigenvalue weighted by Crippen LogP contribution is -2.67. The smallest absolute Gasteiger partial charge is 0.355 e. The predicted octanol–water partition coefficient (Wildman–Crippen LogP) is 4.81. The summed E-state index contributed by atoms with van der Waals surface area (Å²) in [5.74, 6) is 0.504. The average molecular weight is 556 g/mol. The molecule has 2 heterocycles. The summed E-state index contributed by atoms with van der Waals surface area (Å²) in [6, 6.07) is 23.5. The molecular formula is C32H35N4O5+. The second kappa shape index (κ2) is 11.6. The third kappa shape index (κ3) is 4.77. The molecule has 212 valence electrons. The van der Waals surface area contributed by atoms with Gasteiger partial charge in [-0.3, -0.25) is 9.36 Å². The Morgan fingerprint density at radius 1 is 0.927 bits per heavy atom. The van der Waals surface area contributed by atoms with Gasteiger partial charge in [0.25, 0.3) is 5.91 Å². The van der Waals surface area contributed by atoms with Gasteiger partial charge in [0.15, 0.2) is 23.6 Å². The van der Waals surface area contributed by atoms with Crippen molar-refractivity contribution in [3.63, 3.8) is 0 Å². The lowest BCUT2D eigenvalue weighted by Gasteiger charge is -2.39. The maximum Gasteiger partial charge on any atom is 0.355 e. The Bertz CT molecular complexity index is 1540. The van der Waals surface area contributed by atoms with Crippen LogP contribution in [0.4, 0.5) is 5.95 Å². The largest absolute Gasteiger partial charge is 0.493 e. The molecule has 0 aliphatic carbocycles. The Morgan fingerprint density at radius 3 is 2.20 bits per heavy atom. The Kier molecular flexibility index (Phi) is 7.92. The fourth-order valence-electron chi connectivity index (χ4n) is 6.01. The molecule has 5 rings (SSSR count). The van der Waals surface area contributed by atoms with E-state index in [2.05, 4.69) is 0 Å². The van der Waals surface area contributed by atoms with E-state index in [1.807, 2.05) is 78.4 Å². The molecule has 1 aliphatic heterocycles. The number of rotatable bonds is 9. The molecular weight excluding hydrogens is 520 g/mol. The van der Waals surface area contributed by atoms with Crippen molar-refractivity contribution in [2.75, 3.05) is 21.3 Å². The summed E-state index contributed by atoms with van der Waals surface area (Å²) in [5.41, 5.74) is 9.00. The maximum atomic E-state index is 15.0. The highest BCUT2D eigenvalue weighted by Gasteiger charge is 2.62. The molecule has 4 aromatic rings. The van der Waals surface area contributed by atoms with Gasteiger partial charge in [-0.15, -0.1) is 0 Å². The summed E-state index contributed by atoms with van der Waals surface area (Å²) < 4.78 is 18.3. The monoisotopic (exact) mass is 555 g/mol. The van der Waals surface area contributed by atoms with Crippen LogP contribution in [-0.2, 0) is 14.3 Å². The van der Waals surface area contributed by atoms with Crippen molar-refractivity contribution in [3.8, 4) is 28.4 Å². The molecule has 1 fully saturated rings. The SMILES string of the molecule is COc1ccc([C@H](OC)C(=O)[N+]2(c3nc(-c4ccccc4)cn3-c3ccccc3)[C@@H](C(N)=O)CC[C@@H]2C)cc1OC. The number of aromatic nitrogens is 2. The minimum Gasteiger partial charge on any atom is -0.493 e. The average Bonchev–Trinajstić information content (AvgIpc) is 3.60. The summed E-state index contributed by atoms with van der Waals surface area (Å²) in [4.78, 5) is 33.3. The van der Waals surface area contributed by atoms with E-state index in [4.69, 9.17) is 24.9 Å². The first kappa shape index (κ1) is 28.1. The van der Waals surface area contributed by atoms with Crippen LogP contribution < -0.4 is 19.7 Å². The Morgan fingerprint density at radius 2 is 1.59 bits per heavy atom. The van der Waals surface area contributed by atoms with E-state index >= 15 is 4.79 Å². The molecule has 9 nitrogen and oxygen atoms in total. The summed E-state index contributed by atoms with van der Waals surface area (Å²) >= 11 is 0. The predicted molar refractivity (Wildman–Crippen MR) is 157 cm³/mol. The number of methoxy groups -OCH3 is 3. The highest BCUT2D eigenvalue weighted by atomic mass is 16.5. The van der Waals surface area contributed by atoms with Crippen molar-refractivity contribution in [2.45, 2.75) is 38.0 Å². The molecule has 2 amide bonds. The Labute approximate surface area is 239 Å². The zero-order valence-electron chi connectivity index (χ0n) is 23.7. The molecule has 4 atom stereocenters. The second-order valence-corrected chi connectivity index (χ2v) is 10.2. The maximum absolute atomic E-state index is 15.0. The van der Waals surface area contributed by atoms with Crippen molar-refractivity contribution in [1.29, 1.82) is 0 Å². The highest BCUT2D eigenvalue weighted by molar-refractivity contribution is 5.99. The first-order valence-corrected chi connectivity index (χ1v) is 13.5. The molecule has 0 saturated carbocycles. The van der Waals surface area contributed by atoms with E-state index in [1.54, 1.807) is 25.3 Å². The normalized spacial score (nSPS) is 20.9. The number of nitrogens with zero attached hydrogens (tertiary/aromatic N) is 3. The molecule has 41 heavy (non-hydrogen) atoms. The van der Waals surface area contributed by atoms with Gasteiger partial charge in [0.1, 0.15) is 6.04 Å². The number of nitrogens with two attached hydrogens (primary N) is 1. The topological polar surface area (TPSA) is 106 Å². The summed E-state index contributed by atoms with van der Waals surface area (Å²) in [5, 5.41) is 0. The van der Waals surface area contributed by atoms with Crippen LogP contribution in [0.3, 0.4) is 0 Å². The summed E-state index contributed by atoms with van der Waals surface area (Å²) in [6.45, 7) is 1.97. The van der Waals surface area contributed by atoms with Crippen molar-refractivity contribution in [2.24, 2.45) is 5.73 Å². The summed E-state index contributed by atoms with van der Waals surface area (Å²) in [7, 11) is 4.56. The number of primary amides is 1. The molecule has 3 aromatic carbocycles. The van der Waals surface area contributed by atoms with Gasteiger partial charge in [-0.05, 0) is 36.8 Å². The molecule has 0 bridgehead atoms. The van der Waals surface area contributed by atoms with Gasteiger partial charge >= 0.3 is 11.9 Å². The van der Waals surface area contributed by atoms with Crippen molar-refractivity contribution in [3.05, 3.63) is 90.6 Å². The number of imidazole rings is 1. The zero-order chi connectivity index (χ0) is 29.1. The van der Waals surface area contributed by atoms with E-state index in [9.17, 15) is 4.79 Å². The van der Waals surface area contributed by atoms with Crippen LogP contribution in [0.15, 0.2) is 85.1 Å². The van der Waals surface area contributed by atoms with Crippen LogP contribution in [-0.4, -0.2) is 54.8 Å².